The van der Waals surface area contributed by atoms with Gasteiger partial charge in [0.1, 0.15) is 0 Å². The zero-order valence-corrected chi connectivity index (χ0v) is 13.0. The second-order valence-electron chi connectivity index (χ2n) is 5.33. The summed E-state index contributed by atoms with van der Waals surface area (Å²) in [5, 5.41) is 0. The molecule has 22 heavy (non-hydrogen) atoms. The molecule has 2 aromatic rings. The number of benzene rings is 1. The molecular formula is C17H18N2O2S. The SMILES string of the molecule is O=S(=O)(NCc1ccncc1)c1ccc(C2=CCCC2)cc1. The quantitative estimate of drug-likeness (QED) is 0.922. The highest BCUT2D eigenvalue weighted by Gasteiger charge is 2.14. The first kappa shape index (κ1) is 14.9. The van der Waals surface area contributed by atoms with E-state index in [1.807, 2.05) is 12.1 Å². The molecule has 0 bridgehead atoms. The van der Waals surface area contributed by atoms with Crippen molar-refractivity contribution in [2.24, 2.45) is 0 Å². The first-order chi connectivity index (χ1) is 10.6. The molecule has 0 unspecified atom stereocenters. The highest BCUT2D eigenvalue weighted by molar-refractivity contribution is 7.89. The van der Waals surface area contributed by atoms with Crippen LogP contribution in [0.25, 0.3) is 5.57 Å². The Kier molecular flexibility index (Phi) is 4.36. The summed E-state index contributed by atoms with van der Waals surface area (Å²) in [5.74, 6) is 0. The van der Waals surface area contributed by atoms with E-state index < -0.39 is 10.0 Å². The summed E-state index contributed by atoms with van der Waals surface area (Å²) in [5.41, 5.74) is 3.31. The van der Waals surface area contributed by atoms with Crippen LogP contribution in [0.1, 0.15) is 30.4 Å². The Bertz CT molecular complexity index is 766. The second kappa shape index (κ2) is 6.42. The van der Waals surface area contributed by atoms with E-state index >= 15 is 0 Å². The highest BCUT2D eigenvalue weighted by Crippen LogP contribution is 2.28. The first-order valence-electron chi connectivity index (χ1n) is 7.33. The van der Waals surface area contributed by atoms with Crippen molar-refractivity contribution in [3.63, 3.8) is 0 Å². The average Bonchev–Trinajstić information content (AvgIpc) is 3.09. The Morgan fingerprint density at radius 3 is 2.41 bits per heavy atom. The molecule has 1 aromatic heterocycles. The zero-order chi connectivity index (χ0) is 15.4. The number of allylic oxidation sites excluding steroid dienone is 2. The summed E-state index contributed by atoms with van der Waals surface area (Å²) in [4.78, 5) is 4.21. The van der Waals surface area contributed by atoms with E-state index in [0.717, 1.165) is 24.0 Å². The molecule has 0 radical (unpaired) electrons. The number of sulfonamides is 1. The van der Waals surface area contributed by atoms with Crippen LogP contribution in [0.15, 0.2) is 59.8 Å². The monoisotopic (exact) mass is 314 g/mol. The third-order valence-electron chi connectivity index (χ3n) is 3.79. The van der Waals surface area contributed by atoms with Crippen LogP contribution in [0.4, 0.5) is 0 Å². The molecule has 0 saturated heterocycles. The molecule has 1 aromatic carbocycles. The van der Waals surface area contributed by atoms with E-state index in [4.69, 9.17) is 0 Å². The Hall–Kier alpha value is -1.98. The van der Waals surface area contributed by atoms with E-state index in [0.29, 0.717) is 4.90 Å². The van der Waals surface area contributed by atoms with Gasteiger partial charge in [-0.3, -0.25) is 4.98 Å². The Balaban J connectivity index is 1.72. The molecule has 0 saturated carbocycles. The van der Waals surface area contributed by atoms with Gasteiger partial charge in [-0.25, -0.2) is 13.1 Å². The molecular weight excluding hydrogens is 296 g/mol. The number of nitrogens with zero attached hydrogens (tertiary/aromatic N) is 1. The number of rotatable bonds is 5. The van der Waals surface area contributed by atoms with Crippen molar-refractivity contribution in [2.45, 2.75) is 30.7 Å². The summed E-state index contributed by atoms with van der Waals surface area (Å²) in [6.07, 6.45) is 8.89. The zero-order valence-electron chi connectivity index (χ0n) is 12.2. The molecule has 0 spiro atoms. The maximum atomic E-state index is 12.3. The minimum atomic E-state index is -3.49. The van der Waals surface area contributed by atoms with Gasteiger partial charge in [-0.05, 0) is 60.2 Å². The molecule has 5 heteroatoms. The number of aromatic nitrogens is 1. The predicted octanol–water partition coefficient (Wildman–Crippen LogP) is 3.13. The van der Waals surface area contributed by atoms with Crippen molar-refractivity contribution >= 4 is 15.6 Å². The van der Waals surface area contributed by atoms with Gasteiger partial charge in [0.25, 0.3) is 0 Å². The Morgan fingerprint density at radius 1 is 1.05 bits per heavy atom. The van der Waals surface area contributed by atoms with Crippen molar-refractivity contribution in [2.75, 3.05) is 0 Å². The van der Waals surface area contributed by atoms with Crippen molar-refractivity contribution in [3.8, 4) is 0 Å². The van der Waals surface area contributed by atoms with Gasteiger partial charge in [-0.2, -0.15) is 0 Å². The van der Waals surface area contributed by atoms with Crippen LogP contribution >= 0.6 is 0 Å². The third kappa shape index (κ3) is 3.43. The van der Waals surface area contributed by atoms with Crippen molar-refractivity contribution in [1.29, 1.82) is 0 Å². The fourth-order valence-corrected chi connectivity index (χ4v) is 3.56. The summed E-state index contributed by atoms with van der Waals surface area (Å²) in [6.45, 7) is 0.262. The van der Waals surface area contributed by atoms with Crippen LogP contribution in [0.5, 0.6) is 0 Å². The van der Waals surface area contributed by atoms with E-state index in [2.05, 4.69) is 15.8 Å². The van der Waals surface area contributed by atoms with Crippen LogP contribution in [0.2, 0.25) is 0 Å². The fraction of sp³-hybridized carbons (Fsp3) is 0.235. The van der Waals surface area contributed by atoms with Gasteiger partial charge < -0.3 is 0 Å². The van der Waals surface area contributed by atoms with E-state index in [1.165, 1.54) is 12.0 Å². The van der Waals surface area contributed by atoms with Crippen molar-refractivity contribution in [1.82, 2.24) is 9.71 Å². The number of nitrogens with one attached hydrogen (secondary N) is 1. The highest BCUT2D eigenvalue weighted by atomic mass is 32.2. The summed E-state index contributed by atoms with van der Waals surface area (Å²) >= 11 is 0. The normalized spacial score (nSPS) is 14.8. The van der Waals surface area contributed by atoms with Gasteiger partial charge in [0.2, 0.25) is 10.0 Å². The first-order valence-corrected chi connectivity index (χ1v) is 8.81. The lowest BCUT2D eigenvalue weighted by atomic mass is 10.1. The molecule has 0 atom stereocenters. The Morgan fingerprint density at radius 2 is 1.77 bits per heavy atom. The predicted molar refractivity (Wildman–Crippen MR) is 86.5 cm³/mol. The lowest BCUT2D eigenvalue weighted by Crippen LogP contribution is -2.23. The van der Waals surface area contributed by atoms with E-state index in [-0.39, 0.29) is 6.54 Å². The van der Waals surface area contributed by atoms with Gasteiger partial charge in [-0.15, -0.1) is 0 Å². The molecule has 0 amide bonds. The lowest BCUT2D eigenvalue weighted by Gasteiger charge is -2.08. The van der Waals surface area contributed by atoms with Crippen LogP contribution in [0, 0.1) is 0 Å². The molecule has 1 heterocycles. The minimum Gasteiger partial charge on any atom is -0.265 e. The number of pyridine rings is 1. The molecule has 1 N–H and O–H groups in total. The molecule has 3 rings (SSSR count). The van der Waals surface area contributed by atoms with Crippen LogP contribution < -0.4 is 4.72 Å². The largest absolute Gasteiger partial charge is 0.265 e. The second-order valence-corrected chi connectivity index (χ2v) is 7.09. The minimum absolute atomic E-state index is 0.262. The van der Waals surface area contributed by atoms with Crippen LogP contribution in [0.3, 0.4) is 0 Å². The number of hydrogen-bond donors (Lipinski definition) is 1. The molecule has 0 fully saturated rings. The lowest BCUT2D eigenvalue weighted by molar-refractivity contribution is 0.581. The van der Waals surface area contributed by atoms with E-state index in [9.17, 15) is 8.42 Å². The van der Waals surface area contributed by atoms with Crippen molar-refractivity contribution in [3.05, 3.63) is 66.0 Å². The third-order valence-corrected chi connectivity index (χ3v) is 5.21. The summed E-state index contributed by atoms with van der Waals surface area (Å²) in [6, 6.07) is 10.7. The van der Waals surface area contributed by atoms with E-state index in [1.54, 1.807) is 36.7 Å². The Labute approximate surface area is 131 Å². The van der Waals surface area contributed by atoms with Crippen LogP contribution in [-0.2, 0) is 16.6 Å². The average molecular weight is 314 g/mol. The molecule has 0 aliphatic heterocycles. The van der Waals surface area contributed by atoms with Gasteiger partial charge in [0.15, 0.2) is 0 Å². The molecule has 1 aliphatic carbocycles. The summed E-state index contributed by atoms with van der Waals surface area (Å²) < 4.78 is 27.2. The van der Waals surface area contributed by atoms with Gasteiger partial charge in [-0.1, -0.05) is 18.2 Å². The molecule has 114 valence electrons. The number of hydrogen-bond acceptors (Lipinski definition) is 3. The van der Waals surface area contributed by atoms with Crippen molar-refractivity contribution < 1.29 is 8.42 Å². The molecule has 4 nitrogen and oxygen atoms in total. The van der Waals surface area contributed by atoms with Gasteiger partial charge >= 0.3 is 0 Å². The maximum absolute atomic E-state index is 12.3. The van der Waals surface area contributed by atoms with Gasteiger partial charge in [0.05, 0.1) is 4.90 Å². The fourth-order valence-electron chi connectivity index (χ4n) is 2.54. The standard InChI is InChI=1S/C17H18N2O2S/c20-22(21,19-13-14-9-11-18-12-10-14)17-7-5-16(6-8-17)15-3-1-2-4-15/h3,5-12,19H,1-2,4,13H2. The summed E-state index contributed by atoms with van der Waals surface area (Å²) in [7, 11) is -3.49. The smallest absolute Gasteiger partial charge is 0.240 e. The van der Waals surface area contributed by atoms with Gasteiger partial charge in [0, 0.05) is 18.9 Å². The maximum Gasteiger partial charge on any atom is 0.240 e. The topological polar surface area (TPSA) is 59.1 Å². The van der Waals surface area contributed by atoms with Crippen LogP contribution in [-0.4, -0.2) is 13.4 Å². The molecule has 1 aliphatic rings.